The van der Waals surface area contributed by atoms with Gasteiger partial charge < -0.3 is 10.1 Å². The number of rotatable bonds is 3. The lowest BCUT2D eigenvalue weighted by Crippen LogP contribution is -2.22. The number of H-pyrrole nitrogens is 1. The predicted molar refractivity (Wildman–Crippen MR) is 73.3 cm³/mol. The number of aromatic amines is 1. The summed E-state index contributed by atoms with van der Waals surface area (Å²) in [5.74, 6) is -0.821. The summed E-state index contributed by atoms with van der Waals surface area (Å²) in [5.41, 5.74) is 2.43. The number of aryl methyl sites for hydroxylation is 1. The second-order valence-corrected chi connectivity index (χ2v) is 5.73. The van der Waals surface area contributed by atoms with Gasteiger partial charge in [0, 0.05) is 27.0 Å². The Hall–Kier alpha value is -1.48. The monoisotopic (exact) mass is 265 g/mol. The molecule has 2 N–H and O–H groups in total. The lowest BCUT2D eigenvalue weighted by Gasteiger charge is -2.24. The fraction of sp³-hybridized carbons (Fsp3) is 0.357. The van der Waals surface area contributed by atoms with Gasteiger partial charge in [-0.25, -0.2) is 0 Å². The van der Waals surface area contributed by atoms with Crippen molar-refractivity contribution in [3.63, 3.8) is 0 Å². The fourth-order valence-electron chi connectivity index (χ4n) is 2.29. The zero-order valence-corrected chi connectivity index (χ0v) is 11.4. The molecular formula is C14H16ClNO2. The maximum atomic E-state index is 10.9. The number of carboxylic acid groups (broad SMARTS) is 1. The van der Waals surface area contributed by atoms with Crippen LogP contribution in [0.5, 0.6) is 0 Å². The molecular weight excluding hydrogens is 250 g/mol. The number of hydrogen-bond donors (Lipinski definition) is 2. The molecule has 2 aromatic rings. The Labute approximate surface area is 111 Å². The molecule has 0 bridgehead atoms. The minimum Gasteiger partial charge on any atom is -0.481 e. The van der Waals surface area contributed by atoms with Crippen LogP contribution < -0.4 is 0 Å². The Morgan fingerprint density at radius 1 is 1.39 bits per heavy atom. The summed E-state index contributed by atoms with van der Waals surface area (Å²) in [5, 5.41) is 10.6. The van der Waals surface area contributed by atoms with Crippen LogP contribution in [0.15, 0.2) is 18.2 Å². The molecule has 1 heterocycles. The van der Waals surface area contributed by atoms with Crippen molar-refractivity contribution in [3.05, 3.63) is 34.5 Å². The van der Waals surface area contributed by atoms with Gasteiger partial charge in [0.05, 0.1) is 6.42 Å². The number of nitrogens with one attached hydrogen (secondary N) is 1. The molecule has 0 fully saturated rings. The van der Waals surface area contributed by atoms with Crippen molar-refractivity contribution in [1.29, 1.82) is 0 Å². The second-order valence-electron chi connectivity index (χ2n) is 5.33. The summed E-state index contributed by atoms with van der Waals surface area (Å²) in [4.78, 5) is 14.2. The first-order chi connectivity index (χ1) is 8.29. The van der Waals surface area contributed by atoms with Gasteiger partial charge >= 0.3 is 5.97 Å². The first kappa shape index (κ1) is 13.0. The number of fused-ring (bicyclic) bond motifs is 1. The van der Waals surface area contributed by atoms with Crippen LogP contribution >= 0.6 is 11.6 Å². The molecule has 1 aromatic carbocycles. The molecule has 0 radical (unpaired) electrons. The molecule has 0 saturated heterocycles. The number of aromatic nitrogens is 1. The molecule has 96 valence electrons. The summed E-state index contributed by atoms with van der Waals surface area (Å²) in [6.07, 6.45) is 0.0535. The third-order valence-corrected chi connectivity index (χ3v) is 3.48. The number of hydrogen-bond acceptors (Lipinski definition) is 1. The third kappa shape index (κ3) is 2.36. The summed E-state index contributed by atoms with van der Waals surface area (Å²) in [6.45, 7) is 5.77. The van der Waals surface area contributed by atoms with E-state index in [-0.39, 0.29) is 6.42 Å². The number of benzene rings is 1. The largest absolute Gasteiger partial charge is 0.481 e. The minimum absolute atomic E-state index is 0.0535. The molecule has 4 heteroatoms. The van der Waals surface area contributed by atoms with E-state index >= 15 is 0 Å². The lowest BCUT2D eigenvalue weighted by atomic mass is 9.81. The van der Waals surface area contributed by atoms with E-state index in [2.05, 4.69) is 4.98 Å². The summed E-state index contributed by atoms with van der Waals surface area (Å²) in [6, 6.07) is 5.86. The third-order valence-electron chi connectivity index (χ3n) is 3.17. The minimum atomic E-state index is -0.821. The highest BCUT2D eigenvalue weighted by atomic mass is 35.5. The van der Waals surface area contributed by atoms with Crippen LogP contribution in [0.3, 0.4) is 0 Å². The maximum Gasteiger partial charge on any atom is 0.304 e. The van der Waals surface area contributed by atoms with E-state index in [4.69, 9.17) is 16.7 Å². The smallest absolute Gasteiger partial charge is 0.304 e. The topological polar surface area (TPSA) is 53.1 Å². The standard InChI is InChI=1S/C14H16ClNO2/c1-8-4-9-5-11(15)10(6-12(9)16-8)14(2,3)7-13(17)18/h4-6,16H,7H2,1-3H3,(H,17,18). The zero-order valence-electron chi connectivity index (χ0n) is 10.7. The van der Waals surface area contributed by atoms with Crippen molar-refractivity contribution in [1.82, 2.24) is 4.98 Å². The molecule has 0 atom stereocenters. The van der Waals surface area contributed by atoms with Gasteiger partial charge in [-0.15, -0.1) is 0 Å². The van der Waals surface area contributed by atoms with E-state index in [0.717, 1.165) is 22.2 Å². The Morgan fingerprint density at radius 2 is 2.06 bits per heavy atom. The predicted octanol–water partition coefficient (Wildman–Crippen LogP) is 3.88. The average molecular weight is 266 g/mol. The molecule has 18 heavy (non-hydrogen) atoms. The number of carboxylic acids is 1. The van der Waals surface area contributed by atoms with Crippen LogP contribution in [-0.4, -0.2) is 16.1 Å². The van der Waals surface area contributed by atoms with Gasteiger partial charge in [-0.2, -0.15) is 0 Å². The van der Waals surface area contributed by atoms with Crippen LogP contribution in [0.1, 0.15) is 31.5 Å². The van der Waals surface area contributed by atoms with E-state index in [9.17, 15) is 4.79 Å². The van der Waals surface area contributed by atoms with Crippen molar-refractivity contribution >= 4 is 28.5 Å². The van der Waals surface area contributed by atoms with Crippen molar-refractivity contribution < 1.29 is 9.90 Å². The molecule has 0 unspecified atom stereocenters. The summed E-state index contributed by atoms with van der Waals surface area (Å²) in [7, 11) is 0. The van der Waals surface area contributed by atoms with Crippen molar-refractivity contribution in [2.75, 3.05) is 0 Å². The van der Waals surface area contributed by atoms with E-state index in [0.29, 0.717) is 5.02 Å². The van der Waals surface area contributed by atoms with Crippen molar-refractivity contribution in [2.45, 2.75) is 32.6 Å². The fourth-order valence-corrected chi connectivity index (χ4v) is 2.72. The highest BCUT2D eigenvalue weighted by Gasteiger charge is 2.27. The van der Waals surface area contributed by atoms with Gasteiger partial charge in [-0.05, 0) is 30.7 Å². The molecule has 0 aliphatic heterocycles. The highest BCUT2D eigenvalue weighted by Crippen LogP contribution is 2.35. The number of carbonyl (C=O) groups is 1. The van der Waals surface area contributed by atoms with Gasteiger partial charge in [0.15, 0.2) is 0 Å². The SMILES string of the molecule is Cc1cc2cc(Cl)c(C(C)(C)CC(=O)O)cc2[nH]1. The van der Waals surface area contributed by atoms with Gasteiger partial charge in [0.1, 0.15) is 0 Å². The van der Waals surface area contributed by atoms with E-state index in [1.165, 1.54) is 0 Å². The lowest BCUT2D eigenvalue weighted by molar-refractivity contribution is -0.138. The van der Waals surface area contributed by atoms with Crippen LogP contribution in [0.2, 0.25) is 5.02 Å². The average Bonchev–Trinajstić information content (AvgIpc) is 2.53. The summed E-state index contributed by atoms with van der Waals surface area (Å²) >= 11 is 6.27. The molecule has 0 aliphatic rings. The van der Waals surface area contributed by atoms with Crippen molar-refractivity contribution in [2.24, 2.45) is 0 Å². The molecule has 0 saturated carbocycles. The Bertz CT molecular complexity index is 614. The van der Waals surface area contributed by atoms with Gasteiger partial charge in [-0.1, -0.05) is 25.4 Å². The molecule has 0 spiro atoms. The summed E-state index contributed by atoms with van der Waals surface area (Å²) < 4.78 is 0. The Balaban J connectivity index is 2.56. The first-order valence-electron chi connectivity index (χ1n) is 5.81. The quantitative estimate of drug-likeness (QED) is 0.885. The molecule has 0 amide bonds. The molecule has 0 aliphatic carbocycles. The Morgan fingerprint density at radius 3 is 2.67 bits per heavy atom. The molecule has 1 aromatic heterocycles. The highest BCUT2D eigenvalue weighted by molar-refractivity contribution is 6.32. The van der Waals surface area contributed by atoms with E-state index in [1.807, 2.05) is 39.0 Å². The van der Waals surface area contributed by atoms with E-state index < -0.39 is 11.4 Å². The van der Waals surface area contributed by atoms with Crippen LogP contribution in [0.4, 0.5) is 0 Å². The van der Waals surface area contributed by atoms with Crippen molar-refractivity contribution in [3.8, 4) is 0 Å². The van der Waals surface area contributed by atoms with Crippen LogP contribution in [0, 0.1) is 6.92 Å². The zero-order chi connectivity index (χ0) is 13.5. The normalized spacial score (nSPS) is 12.0. The first-order valence-corrected chi connectivity index (χ1v) is 6.18. The van der Waals surface area contributed by atoms with Gasteiger partial charge in [-0.3, -0.25) is 4.79 Å². The van der Waals surface area contributed by atoms with Gasteiger partial charge in [0.25, 0.3) is 0 Å². The van der Waals surface area contributed by atoms with Gasteiger partial charge in [0.2, 0.25) is 0 Å². The second kappa shape index (κ2) is 4.32. The Kier molecular flexibility index (Phi) is 3.11. The van der Waals surface area contributed by atoms with Crippen LogP contribution in [0.25, 0.3) is 10.9 Å². The van der Waals surface area contributed by atoms with E-state index in [1.54, 1.807) is 0 Å². The number of aliphatic carboxylic acids is 1. The van der Waals surface area contributed by atoms with Crippen LogP contribution in [-0.2, 0) is 10.2 Å². The maximum absolute atomic E-state index is 10.9. The molecule has 2 rings (SSSR count). The number of halogens is 1. The molecule has 3 nitrogen and oxygen atoms in total.